The van der Waals surface area contributed by atoms with Gasteiger partial charge < -0.3 is 19.3 Å². The maximum Gasteiger partial charge on any atom is 0.338 e. The first-order chi connectivity index (χ1) is 16.5. The minimum atomic E-state index is -1.18. The zero-order chi connectivity index (χ0) is 23.9. The van der Waals surface area contributed by atoms with Crippen LogP contribution in [0.1, 0.15) is 31.1 Å². The summed E-state index contributed by atoms with van der Waals surface area (Å²) in [6.07, 6.45) is -2.19. The van der Waals surface area contributed by atoms with Crippen molar-refractivity contribution in [3.8, 4) is 0 Å². The molecule has 4 rings (SSSR count). The molecule has 0 aliphatic carbocycles. The molecule has 3 aromatic carbocycles. The maximum atomic E-state index is 12.8. The lowest BCUT2D eigenvalue weighted by molar-refractivity contribution is -0.0557. The number of rotatable bonds is 7. The van der Waals surface area contributed by atoms with E-state index in [2.05, 4.69) is 0 Å². The predicted octanol–water partition coefficient (Wildman–Crippen LogP) is 3.73. The van der Waals surface area contributed by atoms with Crippen molar-refractivity contribution < 1.29 is 33.7 Å². The third-order valence-corrected chi connectivity index (χ3v) is 6.48. The normalized spacial score (nSPS) is 21.4. The quantitative estimate of drug-likeness (QED) is 0.405. The summed E-state index contributed by atoms with van der Waals surface area (Å²) in [6, 6.07) is 25.1. The van der Waals surface area contributed by atoms with Crippen LogP contribution in [0.3, 0.4) is 0 Å². The number of thioether (sulfide) groups is 1. The van der Waals surface area contributed by atoms with Crippen LogP contribution in [0.15, 0.2) is 91.0 Å². The van der Waals surface area contributed by atoms with Gasteiger partial charge in [-0.1, -0.05) is 54.6 Å². The van der Waals surface area contributed by atoms with Crippen molar-refractivity contribution in [2.24, 2.45) is 0 Å². The Hall–Kier alpha value is -3.62. The Morgan fingerprint density at radius 1 is 0.647 bits per heavy atom. The summed E-state index contributed by atoms with van der Waals surface area (Å²) in [7, 11) is 0. The minimum Gasteiger partial charge on any atom is -0.461 e. The molecule has 174 valence electrons. The molecule has 0 saturated carbocycles. The molecule has 3 aromatic rings. The summed E-state index contributed by atoms with van der Waals surface area (Å²) in [5.74, 6) is -1.85. The van der Waals surface area contributed by atoms with E-state index in [0.29, 0.717) is 16.7 Å². The number of carbonyl (C=O) groups excluding carboxylic acids is 3. The summed E-state index contributed by atoms with van der Waals surface area (Å²) in [5.41, 5.74) is -0.202. The van der Waals surface area contributed by atoms with Gasteiger partial charge in [0.2, 0.25) is 0 Å². The van der Waals surface area contributed by atoms with Crippen LogP contribution in [-0.2, 0) is 14.2 Å². The van der Waals surface area contributed by atoms with Crippen LogP contribution in [0.4, 0.5) is 0 Å². The van der Waals surface area contributed by atoms with E-state index in [1.54, 1.807) is 91.0 Å². The molecule has 0 amide bonds. The molecule has 1 N–H and O–H groups in total. The average molecular weight is 479 g/mol. The van der Waals surface area contributed by atoms with Gasteiger partial charge >= 0.3 is 17.9 Å². The summed E-state index contributed by atoms with van der Waals surface area (Å²) in [4.78, 5) is 37.8. The Morgan fingerprint density at radius 2 is 1.06 bits per heavy atom. The van der Waals surface area contributed by atoms with Gasteiger partial charge in [-0.2, -0.15) is 0 Å². The number of aliphatic hydroxyl groups is 1. The molecule has 0 aromatic heterocycles. The van der Waals surface area contributed by atoms with Crippen molar-refractivity contribution in [1.29, 1.82) is 0 Å². The molecule has 8 heteroatoms. The topological polar surface area (TPSA) is 99.1 Å². The van der Waals surface area contributed by atoms with Gasteiger partial charge in [0.05, 0.1) is 21.9 Å². The van der Waals surface area contributed by atoms with Gasteiger partial charge in [-0.05, 0) is 36.4 Å². The number of hydrogen-bond acceptors (Lipinski definition) is 8. The van der Waals surface area contributed by atoms with Gasteiger partial charge in [0, 0.05) is 0 Å². The number of aliphatic hydroxyl groups excluding tert-OH is 1. The van der Waals surface area contributed by atoms with Crippen LogP contribution in [0.5, 0.6) is 0 Å². The van der Waals surface area contributed by atoms with Crippen molar-refractivity contribution in [2.75, 3.05) is 6.61 Å². The number of ether oxygens (including phenoxy) is 3. The van der Waals surface area contributed by atoms with E-state index in [0.717, 1.165) is 11.8 Å². The maximum absolute atomic E-state index is 12.8. The van der Waals surface area contributed by atoms with Gasteiger partial charge in [0.15, 0.2) is 12.2 Å². The molecule has 34 heavy (non-hydrogen) atoms. The number of carbonyl (C=O) groups is 3. The number of benzene rings is 3. The highest BCUT2D eigenvalue weighted by Crippen LogP contribution is 2.38. The standard InChI is InChI=1S/C26H22O7S/c27-23(17-10-4-1-5-11-17)31-16-20-21(32-24(28)18-12-6-2-7-13-18)22(26(30)34-20)33-25(29)19-14-8-3-9-15-19/h1-15,20-22,26,30H,16H2/t20-,21+,22+,26?/m1/s1. The lowest BCUT2D eigenvalue weighted by Gasteiger charge is -2.24. The minimum absolute atomic E-state index is 0.151. The van der Waals surface area contributed by atoms with Gasteiger partial charge in [-0.15, -0.1) is 11.8 Å². The van der Waals surface area contributed by atoms with E-state index in [-0.39, 0.29) is 6.61 Å². The Morgan fingerprint density at radius 3 is 1.53 bits per heavy atom. The van der Waals surface area contributed by atoms with Crippen LogP contribution < -0.4 is 0 Å². The number of hydrogen-bond donors (Lipinski definition) is 1. The van der Waals surface area contributed by atoms with Gasteiger partial charge in [-0.3, -0.25) is 0 Å². The molecule has 1 fully saturated rings. The molecule has 7 nitrogen and oxygen atoms in total. The van der Waals surface area contributed by atoms with E-state index in [1.807, 2.05) is 0 Å². The van der Waals surface area contributed by atoms with E-state index >= 15 is 0 Å². The molecule has 0 bridgehead atoms. The molecule has 1 saturated heterocycles. The summed E-state index contributed by atoms with van der Waals surface area (Å²) in [5, 5.41) is 10.00. The van der Waals surface area contributed by atoms with Crippen LogP contribution >= 0.6 is 11.8 Å². The van der Waals surface area contributed by atoms with Gasteiger partial charge in [-0.25, -0.2) is 14.4 Å². The molecule has 1 aliphatic rings. The monoisotopic (exact) mass is 478 g/mol. The first-order valence-electron chi connectivity index (χ1n) is 10.6. The van der Waals surface area contributed by atoms with E-state index in [1.165, 1.54) is 0 Å². The SMILES string of the molecule is O=C(OC[C@H]1SC(O)[C@@H](OC(=O)c2ccccc2)[C@H]1OC(=O)c1ccccc1)c1ccccc1. The molecule has 0 spiro atoms. The highest BCUT2D eigenvalue weighted by Gasteiger charge is 2.49. The third-order valence-electron chi connectivity index (χ3n) is 5.18. The summed E-state index contributed by atoms with van der Waals surface area (Å²) >= 11 is 1.02. The number of esters is 3. The molecule has 1 aliphatic heterocycles. The molecule has 4 atom stereocenters. The first-order valence-corrected chi connectivity index (χ1v) is 11.5. The van der Waals surface area contributed by atoms with Crippen LogP contribution in [0.2, 0.25) is 0 Å². The fraction of sp³-hybridized carbons (Fsp3) is 0.192. The van der Waals surface area contributed by atoms with E-state index < -0.39 is 40.8 Å². The Bertz CT molecular complexity index is 1120. The lowest BCUT2D eigenvalue weighted by atomic mass is 10.1. The Balaban J connectivity index is 1.51. The molecule has 1 heterocycles. The van der Waals surface area contributed by atoms with Crippen molar-refractivity contribution in [2.45, 2.75) is 22.9 Å². The zero-order valence-corrected chi connectivity index (χ0v) is 18.8. The highest BCUT2D eigenvalue weighted by molar-refractivity contribution is 8.00. The van der Waals surface area contributed by atoms with Crippen LogP contribution in [-0.4, -0.2) is 52.5 Å². The van der Waals surface area contributed by atoms with Gasteiger partial charge in [0.25, 0.3) is 0 Å². The molecular formula is C26H22O7S. The molecule has 0 radical (unpaired) electrons. The van der Waals surface area contributed by atoms with Crippen molar-refractivity contribution in [3.05, 3.63) is 108 Å². The second-order valence-corrected chi connectivity index (χ2v) is 8.86. The smallest absolute Gasteiger partial charge is 0.338 e. The second-order valence-electron chi connectivity index (χ2n) is 7.50. The Labute approximate surface area is 200 Å². The van der Waals surface area contributed by atoms with Crippen molar-refractivity contribution in [1.82, 2.24) is 0 Å². The van der Waals surface area contributed by atoms with E-state index in [9.17, 15) is 19.5 Å². The van der Waals surface area contributed by atoms with Crippen LogP contribution in [0, 0.1) is 0 Å². The van der Waals surface area contributed by atoms with Crippen molar-refractivity contribution >= 4 is 29.7 Å². The predicted molar refractivity (Wildman–Crippen MR) is 125 cm³/mol. The fourth-order valence-electron chi connectivity index (χ4n) is 3.46. The lowest BCUT2D eigenvalue weighted by Crippen LogP contribution is -2.41. The van der Waals surface area contributed by atoms with Crippen molar-refractivity contribution in [3.63, 3.8) is 0 Å². The second kappa shape index (κ2) is 11.0. The fourth-order valence-corrected chi connectivity index (χ4v) is 4.69. The highest BCUT2D eigenvalue weighted by atomic mass is 32.2. The molecule has 1 unspecified atom stereocenters. The zero-order valence-electron chi connectivity index (χ0n) is 18.0. The average Bonchev–Trinajstić information content (AvgIpc) is 3.17. The largest absolute Gasteiger partial charge is 0.461 e. The van der Waals surface area contributed by atoms with Gasteiger partial charge in [0.1, 0.15) is 12.0 Å². The third kappa shape index (κ3) is 5.65. The first kappa shape index (κ1) is 23.5. The molecular weight excluding hydrogens is 456 g/mol. The Kier molecular flexibility index (Phi) is 7.61. The van der Waals surface area contributed by atoms with E-state index in [4.69, 9.17) is 14.2 Å². The van der Waals surface area contributed by atoms with Crippen LogP contribution in [0.25, 0.3) is 0 Å². The summed E-state index contributed by atoms with van der Waals surface area (Å²) < 4.78 is 16.6. The summed E-state index contributed by atoms with van der Waals surface area (Å²) in [6.45, 7) is -0.151.